The number of hydrogen-bond acceptors (Lipinski definition) is 5. The standard InChI is InChI=1S/C24H17BrO5/c1-14-10-19(29-24(27)16-6-8-17(25)9-7-16)13-20-22(14)23(26)21(30-20)12-15-4-3-5-18(11-15)28-2/h3-13H,1-2H3/b21-12-. The molecule has 0 N–H and O–H groups in total. The summed E-state index contributed by atoms with van der Waals surface area (Å²) in [4.78, 5) is 25.2. The number of fused-ring (bicyclic) bond motifs is 1. The molecule has 0 radical (unpaired) electrons. The van der Waals surface area contributed by atoms with Crippen molar-refractivity contribution in [1.82, 2.24) is 0 Å². The molecule has 6 heteroatoms. The average Bonchev–Trinajstić information content (AvgIpc) is 3.04. The van der Waals surface area contributed by atoms with Crippen molar-refractivity contribution in [2.24, 2.45) is 0 Å². The number of rotatable bonds is 4. The number of carbonyl (C=O) groups is 2. The van der Waals surface area contributed by atoms with E-state index >= 15 is 0 Å². The minimum absolute atomic E-state index is 0.206. The van der Waals surface area contributed by atoms with E-state index in [1.807, 2.05) is 24.3 Å². The van der Waals surface area contributed by atoms with Crippen molar-refractivity contribution in [1.29, 1.82) is 0 Å². The molecule has 0 saturated heterocycles. The van der Waals surface area contributed by atoms with Crippen LogP contribution in [0.25, 0.3) is 6.08 Å². The van der Waals surface area contributed by atoms with Crippen LogP contribution in [0.4, 0.5) is 0 Å². The van der Waals surface area contributed by atoms with Gasteiger partial charge in [-0.2, -0.15) is 0 Å². The number of allylic oxidation sites excluding steroid dienone is 1. The molecule has 0 atom stereocenters. The van der Waals surface area contributed by atoms with E-state index in [1.165, 1.54) is 0 Å². The van der Waals surface area contributed by atoms with Crippen LogP contribution in [0.15, 0.2) is 70.9 Å². The number of benzene rings is 3. The summed E-state index contributed by atoms with van der Waals surface area (Å²) >= 11 is 3.33. The molecule has 5 nitrogen and oxygen atoms in total. The first-order chi connectivity index (χ1) is 14.4. The highest BCUT2D eigenvalue weighted by Crippen LogP contribution is 2.38. The van der Waals surface area contributed by atoms with E-state index in [0.29, 0.717) is 33.9 Å². The van der Waals surface area contributed by atoms with Crippen molar-refractivity contribution in [2.45, 2.75) is 6.92 Å². The zero-order valence-electron chi connectivity index (χ0n) is 16.3. The fourth-order valence-corrected chi connectivity index (χ4v) is 3.44. The van der Waals surface area contributed by atoms with Gasteiger partial charge in [0.25, 0.3) is 0 Å². The first kappa shape index (κ1) is 19.9. The lowest BCUT2D eigenvalue weighted by Crippen LogP contribution is -2.08. The average molecular weight is 465 g/mol. The van der Waals surface area contributed by atoms with Crippen LogP contribution >= 0.6 is 15.9 Å². The molecule has 30 heavy (non-hydrogen) atoms. The molecule has 0 aromatic heterocycles. The van der Waals surface area contributed by atoms with Gasteiger partial charge in [0, 0.05) is 10.5 Å². The van der Waals surface area contributed by atoms with Gasteiger partial charge >= 0.3 is 5.97 Å². The minimum Gasteiger partial charge on any atom is -0.497 e. The summed E-state index contributed by atoms with van der Waals surface area (Å²) in [5.41, 5.74) is 2.34. The summed E-state index contributed by atoms with van der Waals surface area (Å²) in [6.07, 6.45) is 1.66. The number of halogens is 1. The summed E-state index contributed by atoms with van der Waals surface area (Å²) < 4.78 is 17.4. The quantitative estimate of drug-likeness (QED) is 0.285. The van der Waals surface area contributed by atoms with Crippen molar-refractivity contribution in [3.05, 3.63) is 93.1 Å². The SMILES string of the molecule is COc1cccc(/C=C2\Oc3cc(OC(=O)c4ccc(Br)cc4)cc(C)c3C2=O)c1. The molecule has 4 rings (SSSR count). The molecule has 150 valence electrons. The van der Waals surface area contributed by atoms with Crippen molar-refractivity contribution >= 4 is 33.8 Å². The molecule has 0 spiro atoms. The van der Waals surface area contributed by atoms with Crippen molar-refractivity contribution in [3.63, 3.8) is 0 Å². The number of aryl methyl sites for hydroxylation is 1. The van der Waals surface area contributed by atoms with E-state index in [-0.39, 0.29) is 11.5 Å². The third kappa shape index (κ3) is 4.00. The van der Waals surface area contributed by atoms with Crippen LogP contribution in [0.5, 0.6) is 17.2 Å². The van der Waals surface area contributed by atoms with Gasteiger partial charge in [0.1, 0.15) is 17.2 Å². The van der Waals surface area contributed by atoms with Crippen LogP contribution < -0.4 is 14.2 Å². The first-order valence-electron chi connectivity index (χ1n) is 9.15. The van der Waals surface area contributed by atoms with Gasteiger partial charge in [-0.15, -0.1) is 0 Å². The number of hydrogen-bond donors (Lipinski definition) is 0. The number of ketones is 1. The highest BCUT2D eigenvalue weighted by atomic mass is 79.9. The number of esters is 1. The van der Waals surface area contributed by atoms with Gasteiger partial charge < -0.3 is 14.2 Å². The van der Waals surface area contributed by atoms with Gasteiger partial charge in [-0.1, -0.05) is 28.1 Å². The Morgan fingerprint density at radius 2 is 1.80 bits per heavy atom. The molecule has 3 aromatic carbocycles. The van der Waals surface area contributed by atoms with E-state index in [0.717, 1.165) is 10.0 Å². The Hall–Kier alpha value is -3.38. The Balaban J connectivity index is 1.60. The van der Waals surface area contributed by atoms with Crippen LogP contribution in [0.1, 0.15) is 31.8 Å². The van der Waals surface area contributed by atoms with E-state index in [9.17, 15) is 9.59 Å². The minimum atomic E-state index is -0.488. The molecule has 1 aliphatic heterocycles. The second kappa shape index (κ2) is 8.16. The third-order valence-corrected chi connectivity index (χ3v) is 5.15. The van der Waals surface area contributed by atoms with Gasteiger partial charge in [0.2, 0.25) is 5.78 Å². The molecule has 0 fully saturated rings. The van der Waals surface area contributed by atoms with Crippen LogP contribution in [-0.2, 0) is 0 Å². The highest BCUT2D eigenvalue weighted by Gasteiger charge is 2.30. The second-order valence-electron chi connectivity index (χ2n) is 6.73. The maximum atomic E-state index is 12.8. The molecule has 0 unspecified atom stereocenters. The number of methoxy groups -OCH3 is 1. The van der Waals surface area contributed by atoms with Crippen LogP contribution in [-0.4, -0.2) is 18.9 Å². The second-order valence-corrected chi connectivity index (χ2v) is 7.64. The maximum absolute atomic E-state index is 12.8. The highest BCUT2D eigenvalue weighted by molar-refractivity contribution is 9.10. The number of carbonyl (C=O) groups excluding carboxylic acids is 2. The molecular formula is C24H17BrO5. The van der Waals surface area contributed by atoms with E-state index in [4.69, 9.17) is 14.2 Å². The molecule has 0 amide bonds. The largest absolute Gasteiger partial charge is 0.497 e. The molecule has 0 bridgehead atoms. The lowest BCUT2D eigenvalue weighted by Gasteiger charge is -2.08. The molecule has 3 aromatic rings. The third-order valence-electron chi connectivity index (χ3n) is 4.63. The van der Waals surface area contributed by atoms with Crippen molar-refractivity contribution in [2.75, 3.05) is 7.11 Å². The van der Waals surface area contributed by atoms with Gasteiger partial charge in [0.15, 0.2) is 5.76 Å². The number of ether oxygens (including phenoxy) is 3. The summed E-state index contributed by atoms with van der Waals surface area (Å²) in [6.45, 7) is 1.78. The van der Waals surface area contributed by atoms with E-state index in [1.54, 1.807) is 56.5 Å². The topological polar surface area (TPSA) is 61.8 Å². The van der Waals surface area contributed by atoms with Gasteiger partial charge in [-0.25, -0.2) is 4.79 Å². The van der Waals surface area contributed by atoms with E-state index in [2.05, 4.69) is 15.9 Å². The monoisotopic (exact) mass is 464 g/mol. The fraction of sp³-hybridized carbons (Fsp3) is 0.0833. The predicted molar refractivity (Wildman–Crippen MR) is 116 cm³/mol. The van der Waals surface area contributed by atoms with Gasteiger partial charge in [0.05, 0.1) is 18.2 Å². The van der Waals surface area contributed by atoms with E-state index < -0.39 is 5.97 Å². The molecule has 1 aliphatic rings. The van der Waals surface area contributed by atoms with Crippen LogP contribution in [0.3, 0.4) is 0 Å². The Bertz CT molecular complexity index is 1180. The summed E-state index contributed by atoms with van der Waals surface area (Å²) in [6, 6.07) is 17.4. The maximum Gasteiger partial charge on any atom is 0.343 e. The van der Waals surface area contributed by atoms with Crippen LogP contribution in [0, 0.1) is 6.92 Å². The normalized spacial score (nSPS) is 13.7. The van der Waals surface area contributed by atoms with Gasteiger partial charge in [-0.05, 0) is 66.6 Å². The Morgan fingerprint density at radius 1 is 1.03 bits per heavy atom. The predicted octanol–water partition coefficient (Wildman–Crippen LogP) is 5.60. The Kier molecular flexibility index (Phi) is 5.42. The Morgan fingerprint density at radius 3 is 2.53 bits per heavy atom. The van der Waals surface area contributed by atoms with Crippen LogP contribution in [0.2, 0.25) is 0 Å². The summed E-state index contributed by atoms with van der Waals surface area (Å²) in [5, 5.41) is 0. The zero-order valence-corrected chi connectivity index (χ0v) is 17.9. The van der Waals surface area contributed by atoms with Crippen molar-refractivity contribution in [3.8, 4) is 17.2 Å². The number of Topliss-reactive ketones (excluding diaryl/α,β-unsaturated/α-hetero) is 1. The lowest BCUT2D eigenvalue weighted by molar-refractivity contribution is 0.0734. The molecule has 0 aliphatic carbocycles. The first-order valence-corrected chi connectivity index (χ1v) is 9.94. The van der Waals surface area contributed by atoms with Gasteiger partial charge in [-0.3, -0.25) is 4.79 Å². The molecule has 1 heterocycles. The summed E-state index contributed by atoms with van der Waals surface area (Å²) in [5.74, 6) is 0.875. The van der Waals surface area contributed by atoms with Crippen molar-refractivity contribution < 1.29 is 23.8 Å². The fourth-order valence-electron chi connectivity index (χ4n) is 3.17. The zero-order chi connectivity index (χ0) is 21.3. The Labute approximate surface area is 182 Å². The molecule has 0 saturated carbocycles. The lowest BCUT2D eigenvalue weighted by atomic mass is 10.0. The molecular weight excluding hydrogens is 448 g/mol. The summed E-state index contributed by atoms with van der Waals surface area (Å²) in [7, 11) is 1.58. The smallest absolute Gasteiger partial charge is 0.343 e.